The molecule has 1 aromatic carbocycles. The summed E-state index contributed by atoms with van der Waals surface area (Å²) >= 11 is 0. The Morgan fingerprint density at radius 1 is 1.23 bits per heavy atom. The lowest BCUT2D eigenvalue weighted by molar-refractivity contribution is -0.121. The Labute approximate surface area is 133 Å². The lowest BCUT2D eigenvalue weighted by atomic mass is 10.0. The Morgan fingerprint density at radius 3 is 2.32 bits per heavy atom. The van der Waals surface area contributed by atoms with E-state index in [0.29, 0.717) is 12.5 Å². The predicted octanol–water partition coefficient (Wildman–Crippen LogP) is 1.75. The van der Waals surface area contributed by atoms with Crippen molar-refractivity contribution < 1.29 is 13.2 Å². The quantitative estimate of drug-likeness (QED) is 0.740. The van der Waals surface area contributed by atoms with E-state index in [1.54, 1.807) is 0 Å². The zero-order chi connectivity index (χ0) is 16.8. The van der Waals surface area contributed by atoms with Crippen molar-refractivity contribution >= 4 is 15.9 Å². The molecule has 0 aliphatic heterocycles. The van der Waals surface area contributed by atoms with Gasteiger partial charge in [0.1, 0.15) is 0 Å². The first-order valence-electron chi connectivity index (χ1n) is 7.47. The van der Waals surface area contributed by atoms with E-state index in [4.69, 9.17) is 0 Å². The molecule has 1 amide bonds. The zero-order valence-corrected chi connectivity index (χ0v) is 14.6. The summed E-state index contributed by atoms with van der Waals surface area (Å²) < 4.78 is 23.4. The third-order valence-electron chi connectivity index (χ3n) is 3.54. The average Bonchev–Trinajstić information content (AvgIpc) is 2.43. The Balaban J connectivity index is 2.29. The summed E-state index contributed by atoms with van der Waals surface area (Å²) in [4.78, 5) is 11.6. The minimum atomic E-state index is -3.31. The second kappa shape index (κ2) is 8.29. The Kier molecular flexibility index (Phi) is 7.03. The fourth-order valence-corrected chi connectivity index (χ4v) is 2.32. The van der Waals surface area contributed by atoms with Gasteiger partial charge < -0.3 is 5.32 Å². The largest absolute Gasteiger partial charge is 0.355 e. The van der Waals surface area contributed by atoms with Crippen LogP contribution in [0.1, 0.15) is 37.3 Å². The normalized spacial score (nSPS) is 11.9. The number of amides is 1. The molecule has 5 nitrogen and oxygen atoms in total. The van der Waals surface area contributed by atoms with Crippen LogP contribution in [0.2, 0.25) is 0 Å². The summed E-state index contributed by atoms with van der Waals surface area (Å²) in [7, 11) is -1.92. The van der Waals surface area contributed by atoms with Crippen LogP contribution in [0.5, 0.6) is 0 Å². The molecule has 0 bridgehead atoms. The smallest absolute Gasteiger partial charge is 0.235 e. The van der Waals surface area contributed by atoms with Gasteiger partial charge in [0.05, 0.1) is 12.8 Å². The molecule has 0 aliphatic rings. The van der Waals surface area contributed by atoms with Gasteiger partial charge in [-0.25, -0.2) is 8.42 Å². The van der Waals surface area contributed by atoms with Crippen LogP contribution in [-0.4, -0.2) is 45.0 Å². The number of hydrogen-bond donors (Lipinski definition) is 1. The maximum atomic E-state index is 11.6. The first-order valence-corrected chi connectivity index (χ1v) is 9.32. The van der Waals surface area contributed by atoms with Crippen molar-refractivity contribution in [3.05, 3.63) is 35.4 Å². The molecular weight excluding hydrogens is 300 g/mol. The van der Waals surface area contributed by atoms with Crippen LogP contribution in [0.4, 0.5) is 0 Å². The number of rotatable bonds is 8. The Hall–Kier alpha value is -1.40. The number of likely N-dealkylation sites (N-methyl/N-ethyl adjacent to an activating group) is 1. The lowest BCUT2D eigenvalue weighted by Crippen LogP contribution is -2.38. The molecule has 22 heavy (non-hydrogen) atoms. The van der Waals surface area contributed by atoms with Gasteiger partial charge in [-0.1, -0.05) is 38.1 Å². The predicted molar refractivity (Wildman–Crippen MR) is 89.3 cm³/mol. The molecule has 6 heteroatoms. The minimum Gasteiger partial charge on any atom is -0.355 e. The van der Waals surface area contributed by atoms with Gasteiger partial charge in [0.15, 0.2) is 0 Å². The van der Waals surface area contributed by atoms with Gasteiger partial charge in [-0.2, -0.15) is 4.31 Å². The van der Waals surface area contributed by atoms with E-state index in [-0.39, 0.29) is 12.5 Å². The summed E-state index contributed by atoms with van der Waals surface area (Å²) in [6.45, 7) is 4.74. The molecule has 1 aromatic rings. The van der Waals surface area contributed by atoms with Crippen LogP contribution >= 0.6 is 0 Å². The summed E-state index contributed by atoms with van der Waals surface area (Å²) in [5, 5.41) is 2.74. The maximum Gasteiger partial charge on any atom is 0.235 e. The van der Waals surface area contributed by atoms with Crippen LogP contribution in [0.15, 0.2) is 24.3 Å². The third kappa shape index (κ3) is 6.58. The van der Waals surface area contributed by atoms with Crippen molar-refractivity contribution in [1.82, 2.24) is 9.62 Å². The molecule has 1 N–H and O–H groups in total. The van der Waals surface area contributed by atoms with Crippen molar-refractivity contribution in [3.63, 3.8) is 0 Å². The van der Waals surface area contributed by atoms with Gasteiger partial charge in [-0.3, -0.25) is 4.79 Å². The standard InChI is InChI=1S/C16H26N2O3S/c1-13(2)15-9-7-14(8-10-15)6-5-11-17-16(19)12-18(3)22(4,20)21/h7-10,13H,5-6,11-12H2,1-4H3,(H,17,19). The van der Waals surface area contributed by atoms with E-state index in [2.05, 4.69) is 43.4 Å². The van der Waals surface area contributed by atoms with Crippen LogP contribution in [0.25, 0.3) is 0 Å². The molecule has 0 fully saturated rings. The number of aryl methyl sites for hydroxylation is 1. The van der Waals surface area contributed by atoms with Crippen LogP contribution in [-0.2, 0) is 21.2 Å². The highest BCUT2D eigenvalue weighted by Gasteiger charge is 2.14. The monoisotopic (exact) mass is 326 g/mol. The van der Waals surface area contributed by atoms with Gasteiger partial charge in [0.2, 0.25) is 15.9 Å². The van der Waals surface area contributed by atoms with Crippen molar-refractivity contribution in [2.75, 3.05) is 26.4 Å². The zero-order valence-electron chi connectivity index (χ0n) is 13.8. The molecule has 124 valence electrons. The van der Waals surface area contributed by atoms with E-state index < -0.39 is 10.0 Å². The topological polar surface area (TPSA) is 66.5 Å². The third-order valence-corrected chi connectivity index (χ3v) is 4.80. The van der Waals surface area contributed by atoms with Crippen molar-refractivity contribution in [1.29, 1.82) is 0 Å². The molecule has 0 radical (unpaired) electrons. The fourth-order valence-electron chi connectivity index (χ4n) is 1.96. The molecule has 0 heterocycles. The number of carbonyl (C=O) groups excluding carboxylic acids is 1. The fraction of sp³-hybridized carbons (Fsp3) is 0.562. The SMILES string of the molecule is CC(C)c1ccc(CCCNC(=O)CN(C)S(C)(=O)=O)cc1. The van der Waals surface area contributed by atoms with Crippen LogP contribution in [0, 0.1) is 0 Å². The number of carbonyl (C=O) groups is 1. The second-order valence-electron chi connectivity index (χ2n) is 5.87. The van der Waals surface area contributed by atoms with E-state index in [1.165, 1.54) is 18.2 Å². The molecule has 0 saturated carbocycles. The number of nitrogens with one attached hydrogen (secondary N) is 1. The van der Waals surface area contributed by atoms with Gasteiger partial charge in [0, 0.05) is 13.6 Å². The first-order chi connectivity index (χ1) is 10.2. The molecule has 0 unspecified atom stereocenters. The van der Waals surface area contributed by atoms with E-state index in [9.17, 15) is 13.2 Å². The summed E-state index contributed by atoms with van der Waals surface area (Å²) in [5.41, 5.74) is 2.56. The highest BCUT2D eigenvalue weighted by molar-refractivity contribution is 7.88. The molecular formula is C16H26N2O3S. The van der Waals surface area contributed by atoms with Crippen molar-refractivity contribution in [2.24, 2.45) is 0 Å². The van der Waals surface area contributed by atoms with Gasteiger partial charge in [-0.05, 0) is 29.9 Å². The molecule has 0 saturated heterocycles. The number of sulfonamides is 1. The number of benzene rings is 1. The minimum absolute atomic E-state index is 0.137. The summed E-state index contributed by atoms with van der Waals surface area (Å²) in [6, 6.07) is 8.52. The van der Waals surface area contributed by atoms with E-state index >= 15 is 0 Å². The van der Waals surface area contributed by atoms with Gasteiger partial charge >= 0.3 is 0 Å². The Bertz CT molecular complexity index is 580. The number of hydrogen-bond acceptors (Lipinski definition) is 3. The van der Waals surface area contributed by atoms with Crippen molar-refractivity contribution in [2.45, 2.75) is 32.6 Å². The molecule has 0 spiro atoms. The summed E-state index contributed by atoms with van der Waals surface area (Å²) in [5.74, 6) is 0.253. The summed E-state index contributed by atoms with van der Waals surface area (Å²) in [6.07, 6.45) is 2.80. The second-order valence-corrected chi connectivity index (χ2v) is 7.96. The van der Waals surface area contributed by atoms with Gasteiger partial charge in [0.25, 0.3) is 0 Å². The average molecular weight is 326 g/mol. The van der Waals surface area contributed by atoms with Crippen LogP contribution < -0.4 is 5.32 Å². The molecule has 0 atom stereocenters. The first kappa shape index (κ1) is 18.6. The molecule has 0 aromatic heterocycles. The molecule has 0 aliphatic carbocycles. The Morgan fingerprint density at radius 2 is 1.82 bits per heavy atom. The van der Waals surface area contributed by atoms with E-state index in [0.717, 1.165) is 23.4 Å². The van der Waals surface area contributed by atoms with E-state index in [1.807, 2.05) is 0 Å². The number of nitrogens with zero attached hydrogens (tertiary/aromatic N) is 1. The highest BCUT2D eigenvalue weighted by atomic mass is 32.2. The van der Waals surface area contributed by atoms with Crippen LogP contribution in [0.3, 0.4) is 0 Å². The van der Waals surface area contributed by atoms with Crippen molar-refractivity contribution in [3.8, 4) is 0 Å². The highest BCUT2D eigenvalue weighted by Crippen LogP contribution is 2.15. The molecule has 1 rings (SSSR count). The maximum absolute atomic E-state index is 11.6. The van der Waals surface area contributed by atoms with Gasteiger partial charge in [-0.15, -0.1) is 0 Å². The lowest BCUT2D eigenvalue weighted by Gasteiger charge is -2.13.